The third-order valence-electron chi connectivity index (χ3n) is 0.539. The molecule has 1 heterocycles. The second kappa shape index (κ2) is 2.30. The van der Waals surface area contributed by atoms with Gasteiger partial charge >= 0.3 is 0 Å². The minimum absolute atomic E-state index is 0. The van der Waals surface area contributed by atoms with E-state index in [4.69, 9.17) is 0 Å². The Morgan fingerprint density at radius 2 is 2.43 bits per heavy atom. The summed E-state index contributed by atoms with van der Waals surface area (Å²) in [4.78, 5) is 2.78. The Morgan fingerprint density at radius 1 is 1.71 bits per heavy atom. The summed E-state index contributed by atoms with van der Waals surface area (Å²) in [6, 6.07) is 0. The zero-order valence-corrected chi connectivity index (χ0v) is 4.18. The maximum Gasteiger partial charge on any atom is 0.127 e. The number of nitrogens with zero attached hydrogens (tertiary/aromatic N) is 2. The van der Waals surface area contributed by atoms with Crippen LogP contribution in [0.5, 0.6) is 0 Å². The highest BCUT2D eigenvalue weighted by Gasteiger charge is 1.75. The Kier molecular flexibility index (Phi) is 2.01. The van der Waals surface area contributed by atoms with Crippen LogP contribution < -0.4 is 6.15 Å². The lowest BCUT2D eigenvalue weighted by Gasteiger charge is -1.65. The van der Waals surface area contributed by atoms with E-state index in [2.05, 4.69) is 15.2 Å². The van der Waals surface area contributed by atoms with Gasteiger partial charge < -0.3 is 11.1 Å². The largest absolute Gasteiger partial charge is 0.344 e. The topological polar surface area (TPSA) is 76.6 Å². The number of hydrogen-bond donors (Lipinski definition) is 2. The van der Waals surface area contributed by atoms with Gasteiger partial charge in [0.2, 0.25) is 0 Å². The van der Waals surface area contributed by atoms with Crippen molar-refractivity contribution in [1.82, 2.24) is 21.3 Å². The third kappa shape index (κ3) is 1.32. The molecule has 0 unspecified atom stereocenters. The smallest absolute Gasteiger partial charge is 0.127 e. The van der Waals surface area contributed by atoms with Crippen molar-refractivity contribution in [3.05, 3.63) is 12.2 Å². The quantitative estimate of drug-likeness (QED) is 0.491. The SMILES string of the molecule is Cc1nnc[nH]1.N. The summed E-state index contributed by atoms with van der Waals surface area (Å²) in [6.07, 6.45) is 1.55. The number of rotatable bonds is 0. The molecular formula is C3H8N4. The summed E-state index contributed by atoms with van der Waals surface area (Å²) in [5.41, 5.74) is 0. The van der Waals surface area contributed by atoms with Crippen LogP contribution in [-0.2, 0) is 0 Å². The lowest BCUT2D eigenvalue weighted by molar-refractivity contribution is 1.04. The first-order chi connectivity index (χ1) is 2.89. The average Bonchev–Trinajstić information content (AvgIpc) is 1.86. The predicted molar refractivity (Wildman–Crippen MR) is 26.1 cm³/mol. The van der Waals surface area contributed by atoms with E-state index in [0.717, 1.165) is 5.82 Å². The van der Waals surface area contributed by atoms with Gasteiger partial charge in [0.1, 0.15) is 12.2 Å². The number of H-pyrrole nitrogens is 1. The normalized spacial score (nSPS) is 7.57. The van der Waals surface area contributed by atoms with Crippen molar-refractivity contribution in [3.8, 4) is 0 Å². The monoisotopic (exact) mass is 100 g/mol. The Bertz CT molecular complexity index is 110. The van der Waals surface area contributed by atoms with Crippen LogP contribution in [0.15, 0.2) is 6.33 Å². The molecule has 0 bridgehead atoms. The molecule has 7 heavy (non-hydrogen) atoms. The van der Waals surface area contributed by atoms with Gasteiger partial charge in [0, 0.05) is 0 Å². The van der Waals surface area contributed by atoms with Crippen LogP contribution >= 0.6 is 0 Å². The molecule has 0 saturated heterocycles. The number of aromatic amines is 1. The highest BCUT2D eigenvalue weighted by molar-refractivity contribution is 4.70. The van der Waals surface area contributed by atoms with Gasteiger partial charge in [-0.2, -0.15) is 0 Å². The standard InChI is InChI=1S/C3H5N3.H3N/c1-3-4-2-5-6-3;/h2H,1H3,(H,4,5,6);1H3. The van der Waals surface area contributed by atoms with Gasteiger partial charge in [0.15, 0.2) is 0 Å². The molecule has 0 radical (unpaired) electrons. The summed E-state index contributed by atoms with van der Waals surface area (Å²) >= 11 is 0. The van der Waals surface area contributed by atoms with Crippen molar-refractivity contribution in [3.63, 3.8) is 0 Å². The predicted octanol–water partition coefficient (Wildman–Crippen LogP) is 0.275. The first-order valence-electron chi connectivity index (χ1n) is 1.72. The van der Waals surface area contributed by atoms with Crippen LogP contribution in [0.1, 0.15) is 5.82 Å². The van der Waals surface area contributed by atoms with E-state index >= 15 is 0 Å². The molecule has 0 aromatic carbocycles. The fourth-order valence-corrected chi connectivity index (χ4v) is 0.267. The van der Waals surface area contributed by atoms with Crippen molar-refractivity contribution in [1.29, 1.82) is 0 Å². The number of hydrogen-bond acceptors (Lipinski definition) is 3. The molecule has 0 fully saturated rings. The molecule has 1 rings (SSSR count). The Hall–Kier alpha value is -0.900. The van der Waals surface area contributed by atoms with E-state index in [-0.39, 0.29) is 6.15 Å². The number of aromatic nitrogens is 3. The van der Waals surface area contributed by atoms with Gasteiger partial charge in [-0.15, -0.1) is 10.2 Å². The van der Waals surface area contributed by atoms with E-state index in [9.17, 15) is 0 Å². The summed E-state index contributed by atoms with van der Waals surface area (Å²) in [6.45, 7) is 1.85. The highest BCUT2D eigenvalue weighted by Crippen LogP contribution is 1.73. The fraction of sp³-hybridized carbons (Fsp3) is 0.333. The van der Waals surface area contributed by atoms with Crippen molar-refractivity contribution in [2.24, 2.45) is 0 Å². The van der Waals surface area contributed by atoms with E-state index in [1.807, 2.05) is 6.92 Å². The van der Waals surface area contributed by atoms with Gasteiger partial charge in [-0.25, -0.2) is 0 Å². The third-order valence-corrected chi connectivity index (χ3v) is 0.539. The molecule has 4 nitrogen and oxygen atoms in total. The van der Waals surface area contributed by atoms with Crippen LogP contribution in [0.25, 0.3) is 0 Å². The lowest BCUT2D eigenvalue weighted by Crippen LogP contribution is -1.68. The van der Waals surface area contributed by atoms with Crippen LogP contribution in [0.4, 0.5) is 0 Å². The van der Waals surface area contributed by atoms with Crippen molar-refractivity contribution in [2.75, 3.05) is 0 Å². The first-order valence-corrected chi connectivity index (χ1v) is 1.72. The van der Waals surface area contributed by atoms with E-state index in [1.165, 1.54) is 0 Å². The van der Waals surface area contributed by atoms with Gasteiger partial charge in [-0.1, -0.05) is 0 Å². The average molecular weight is 100 g/mol. The summed E-state index contributed by atoms with van der Waals surface area (Å²) < 4.78 is 0. The molecule has 0 aliphatic rings. The molecule has 0 aliphatic heterocycles. The van der Waals surface area contributed by atoms with Crippen molar-refractivity contribution < 1.29 is 0 Å². The Labute approximate surface area is 41.5 Å². The van der Waals surface area contributed by atoms with Crippen LogP contribution in [0.3, 0.4) is 0 Å². The number of aryl methyl sites for hydroxylation is 1. The summed E-state index contributed by atoms with van der Waals surface area (Å²) in [5, 5.41) is 7.13. The maximum atomic E-state index is 3.61. The zero-order valence-electron chi connectivity index (χ0n) is 4.18. The zero-order chi connectivity index (χ0) is 4.41. The molecule has 0 aliphatic carbocycles. The lowest BCUT2D eigenvalue weighted by atomic mass is 10.8. The fourth-order valence-electron chi connectivity index (χ4n) is 0.267. The molecule has 4 heteroatoms. The Balaban J connectivity index is 0.000000360. The molecular weight excluding hydrogens is 92.1 g/mol. The van der Waals surface area contributed by atoms with Crippen LogP contribution in [0, 0.1) is 6.92 Å². The highest BCUT2D eigenvalue weighted by atomic mass is 15.2. The minimum atomic E-state index is 0. The summed E-state index contributed by atoms with van der Waals surface area (Å²) in [7, 11) is 0. The molecule has 0 atom stereocenters. The van der Waals surface area contributed by atoms with E-state index in [0.29, 0.717) is 0 Å². The van der Waals surface area contributed by atoms with Gasteiger partial charge in [0.25, 0.3) is 0 Å². The Morgan fingerprint density at radius 3 is 2.57 bits per heavy atom. The van der Waals surface area contributed by atoms with Gasteiger partial charge in [0.05, 0.1) is 0 Å². The van der Waals surface area contributed by atoms with Gasteiger partial charge in [-0.05, 0) is 6.92 Å². The first kappa shape index (κ1) is 6.10. The second-order valence-electron chi connectivity index (χ2n) is 1.07. The molecule has 0 saturated carbocycles. The molecule has 0 spiro atoms. The molecule has 4 N–H and O–H groups in total. The van der Waals surface area contributed by atoms with Gasteiger partial charge in [-0.3, -0.25) is 0 Å². The molecule has 0 amide bonds. The van der Waals surface area contributed by atoms with E-state index in [1.54, 1.807) is 6.33 Å². The molecule has 40 valence electrons. The number of nitrogens with one attached hydrogen (secondary N) is 1. The summed E-state index contributed by atoms with van der Waals surface area (Å²) in [5.74, 6) is 0.856. The maximum absolute atomic E-state index is 3.61. The molecule has 1 aromatic rings. The van der Waals surface area contributed by atoms with Crippen LogP contribution in [0.2, 0.25) is 0 Å². The van der Waals surface area contributed by atoms with Crippen LogP contribution in [-0.4, -0.2) is 15.2 Å². The van der Waals surface area contributed by atoms with E-state index < -0.39 is 0 Å². The second-order valence-corrected chi connectivity index (χ2v) is 1.07. The minimum Gasteiger partial charge on any atom is -0.344 e. The molecule has 1 aromatic heterocycles. The van der Waals surface area contributed by atoms with Crippen molar-refractivity contribution >= 4 is 0 Å². The van der Waals surface area contributed by atoms with Crippen molar-refractivity contribution in [2.45, 2.75) is 6.92 Å².